The molecule has 4 heteroatoms. The van der Waals surface area contributed by atoms with Crippen LogP contribution in [0.2, 0.25) is 0 Å². The van der Waals surface area contributed by atoms with Crippen molar-refractivity contribution in [1.29, 1.82) is 0 Å². The van der Waals surface area contributed by atoms with Gasteiger partial charge in [0.25, 0.3) is 0 Å². The van der Waals surface area contributed by atoms with E-state index in [1.165, 1.54) is 0 Å². The molecule has 106 valence electrons. The van der Waals surface area contributed by atoms with Crippen LogP contribution in [-0.2, 0) is 6.54 Å². The first-order chi connectivity index (χ1) is 9.63. The van der Waals surface area contributed by atoms with Crippen molar-refractivity contribution in [2.24, 2.45) is 0 Å². The summed E-state index contributed by atoms with van der Waals surface area (Å²) in [5.74, 6) is 1.57. The van der Waals surface area contributed by atoms with Crippen molar-refractivity contribution >= 4 is 11.4 Å². The molecular weight excluding hydrogens is 252 g/mol. The van der Waals surface area contributed by atoms with Crippen molar-refractivity contribution in [3.05, 3.63) is 48.0 Å². The van der Waals surface area contributed by atoms with Crippen LogP contribution in [0.5, 0.6) is 11.5 Å². The quantitative estimate of drug-likeness (QED) is 0.850. The maximum absolute atomic E-state index is 5.81. The van der Waals surface area contributed by atoms with Crippen LogP contribution in [0.15, 0.2) is 42.5 Å². The van der Waals surface area contributed by atoms with E-state index in [-0.39, 0.29) is 0 Å². The number of nitrogens with zero attached hydrogens (tertiary/aromatic N) is 1. The maximum atomic E-state index is 5.81. The lowest BCUT2D eigenvalue weighted by Crippen LogP contribution is -2.17. The summed E-state index contributed by atoms with van der Waals surface area (Å²) in [6.07, 6.45) is 0. The Morgan fingerprint density at radius 1 is 1.05 bits per heavy atom. The number of hydrogen-bond donors (Lipinski definition) is 1. The number of ether oxygens (including phenoxy) is 2. The van der Waals surface area contributed by atoms with Crippen molar-refractivity contribution in [2.45, 2.75) is 6.54 Å². The Hall–Kier alpha value is -2.36. The minimum Gasteiger partial charge on any atom is -0.497 e. The minimum absolute atomic E-state index is 0.758. The summed E-state index contributed by atoms with van der Waals surface area (Å²) in [6.45, 7) is 0.758. The second kappa shape index (κ2) is 6.19. The van der Waals surface area contributed by atoms with Crippen molar-refractivity contribution in [3.8, 4) is 11.5 Å². The highest BCUT2D eigenvalue weighted by Gasteiger charge is 2.10. The largest absolute Gasteiger partial charge is 0.497 e. The zero-order valence-electron chi connectivity index (χ0n) is 12.1. The molecule has 0 unspecified atom stereocenters. The monoisotopic (exact) mass is 272 g/mol. The standard InChI is InChI=1S/C16H20N2O2/c1-18(11-12-5-4-6-13(17)9-12)15-8-7-14(19-2)10-16(15)20-3/h4-10H,11,17H2,1-3H3. The van der Waals surface area contributed by atoms with E-state index in [4.69, 9.17) is 15.2 Å². The van der Waals surface area contributed by atoms with E-state index in [1.54, 1.807) is 14.2 Å². The molecule has 0 saturated heterocycles. The van der Waals surface area contributed by atoms with Gasteiger partial charge in [0.15, 0.2) is 0 Å². The molecule has 4 nitrogen and oxygen atoms in total. The predicted molar refractivity (Wildman–Crippen MR) is 82.5 cm³/mol. The summed E-state index contributed by atoms with van der Waals surface area (Å²) in [5, 5.41) is 0. The normalized spacial score (nSPS) is 10.2. The smallest absolute Gasteiger partial charge is 0.145 e. The molecule has 0 aliphatic carbocycles. The minimum atomic E-state index is 0.758. The Morgan fingerprint density at radius 3 is 2.50 bits per heavy atom. The molecule has 0 saturated carbocycles. The van der Waals surface area contributed by atoms with Gasteiger partial charge in [-0.05, 0) is 29.8 Å². The molecule has 2 aromatic carbocycles. The average molecular weight is 272 g/mol. The van der Waals surface area contributed by atoms with Crippen LogP contribution >= 0.6 is 0 Å². The first-order valence-electron chi connectivity index (χ1n) is 6.41. The highest BCUT2D eigenvalue weighted by Crippen LogP contribution is 2.32. The predicted octanol–water partition coefficient (Wildman–Crippen LogP) is 2.92. The fourth-order valence-corrected chi connectivity index (χ4v) is 2.15. The molecule has 20 heavy (non-hydrogen) atoms. The van der Waals surface area contributed by atoms with Crippen LogP contribution in [0.25, 0.3) is 0 Å². The fraction of sp³-hybridized carbons (Fsp3) is 0.250. The van der Waals surface area contributed by atoms with Gasteiger partial charge in [-0.15, -0.1) is 0 Å². The van der Waals surface area contributed by atoms with Crippen LogP contribution in [0.3, 0.4) is 0 Å². The van der Waals surface area contributed by atoms with Gasteiger partial charge in [-0.2, -0.15) is 0 Å². The lowest BCUT2D eigenvalue weighted by atomic mass is 10.1. The van der Waals surface area contributed by atoms with Crippen LogP contribution in [0, 0.1) is 0 Å². The summed E-state index contributed by atoms with van der Waals surface area (Å²) in [7, 11) is 5.32. The van der Waals surface area contributed by atoms with E-state index in [2.05, 4.69) is 11.0 Å². The first-order valence-corrected chi connectivity index (χ1v) is 6.41. The van der Waals surface area contributed by atoms with Crippen molar-refractivity contribution < 1.29 is 9.47 Å². The Kier molecular flexibility index (Phi) is 4.35. The molecule has 2 aromatic rings. The second-order valence-corrected chi connectivity index (χ2v) is 4.64. The molecule has 0 aliphatic heterocycles. The number of nitrogens with two attached hydrogens (primary N) is 1. The first kappa shape index (κ1) is 14.1. The van der Waals surface area contributed by atoms with Gasteiger partial charge in [-0.25, -0.2) is 0 Å². The topological polar surface area (TPSA) is 47.7 Å². The number of benzene rings is 2. The molecule has 0 atom stereocenters. The van der Waals surface area contributed by atoms with Gasteiger partial charge in [-0.3, -0.25) is 0 Å². The van der Waals surface area contributed by atoms with Crippen molar-refractivity contribution in [2.75, 3.05) is 31.9 Å². The van der Waals surface area contributed by atoms with Gasteiger partial charge in [-0.1, -0.05) is 12.1 Å². The molecule has 0 bridgehead atoms. The van der Waals surface area contributed by atoms with Crippen molar-refractivity contribution in [3.63, 3.8) is 0 Å². The third-order valence-corrected chi connectivity index (χ3v) is 3.17. The van der Waals surface area contributed by atoms with E-state index in [0.717, 1.165) is 35.0 Å². The Labute approximate surface area is 119 Å². The van der Waals surface area contributed by atoms with E-state index in [1.807, 2.05) is 43.4 Å². The molecule has 0 spiro atoms. The van der Waals surface area contributed by atoms with Crippen molar-refractivity contribution in [1.82, 2.24) is 0 Å². The molecule has 0 heterocycles. The number of hydrogen-bond acceptors (Lipinski definition) is 4. The van der Waals surface area contributed by atoms with E-state index in [9.17, 15) is 0 Å². The fourth-order valence-electron chi connectivity index (χ4n) is 2.15. The Bertz CT molecular complexity index is 584. The number of methoxy groups -OCH3 is 2. The van der Waals surface area contributed by atoms with E-state index in [0.29, 0.717) is 0 Å². The van der Waals surface area contributed by atoms with Crippen LogP contribution < -0.4 is 20.1 Å². The summed E-state index contributed by atoms with van der Waals surface area (Å²) >= 11 is 0. The summed E-state index contributed by atoms with van der Waals surface area (Å²) in [4.78, 5) is 2.12. The van der Waals surface area contributed by atoms with Crippen LogP contribution in [0.4, 0.5) is 11.4 Å². The highest BCUT2D eigenvalue weighted by molar-refractivity contribution is 5.61. The molecule has 0 aliphatic rings. The average Bonchev–Trinajstić information content (AvgIpc) is 2.46. The van der Waals surface area contributed by atoms with E-state index >= 15 is 0 Å². The second-order valence-electron chi connectivity index (χ2n) is 4.64. The zero-order chi connectivity index (χ0) is 14.5. The third-order valence-electron chi connectivity index (χ3n) is 3.17. The highest BCUT2D eigenvalue weighted by atomic mass is 16.5. The molecule has 2 N–H and O–H groups in total. The lowest BCUT2D eigenvalue weighted by Gasteiger charge is -2.22. The molecule has 0 amide bonds. The summed E-state index contributed by atoms with van der Waals surface area (Å²) in [6, 6.07) is 13.7. The van der Waals surface area contributed by atoms with E-state index < -0.39 is 0 Å². The molecule has 0 radical (unpaired) electrons. The SMILES string of the molecule is COc1ccc(N(C)Cc2cccc(N)c2)c(OC)c1. The molecule has 0 fully saturated rings. The number of anilines is 2. The molecular formula is C16H20N2O2. The van der Waals surface area contributed by atoms with Gasteiger partial charge in [0, 0.05) is 25.3 Å². The van der Waals surface area contributed by atoms with Crippen LogP contribution in [-0.4, -0.2) is 21.3 Å². The number of nitrogen functional groups attached to an aromatic ring is 1. The molecule has 0 aromatic heterocycles. The van der Waals surface area contributed by atoms with Gasteiger partial charge in [0.05, 0.1) is 19.9 Å². The van der Waals surface area contributed by atoms with Gasteiger partial charge < -0.3 is 20.1 Å². The van der Waals surface area contributed by atoms with Gasteiger partial charge >= 0.3 is 0 Å². The Morgan fingerprint density at radius 2 is 1.85 bits per heavy atom. The van der Waals surface area contributed by atoms with Gasteiger partial charge in [0.2, 0.25) is 0 Å². The van der Waals surface area contributed by atoms with Gasteiger partial charge in [0.1, 0.15) is 11.5 Å². The number of rotatable bonds is 5. The van der Waals surface area contributed by atoms with Crippen LogP contribution in [0.1, 0.15) is 5.56 Å². The summed E-state index contributed by atoms with van der Waals surface area (Å²) in [5.41, 5.74) is 8.75. The summed E-state index contributed by atoms with van der Waals surface area (Å²) < 4.78 is 10.6. The lowest BCUT2D eigenvalue weighted by molar-refractivity contribution is 0.394. The Balaban J connectivity index is 2.22. The third kappa shape index (κ3) is 3.15. The maximum Gasteiger partial charge on any atom is 0.145 e. The zero-order valence-corrected chi connectivity index (χ0v) is 12.1. The molecule has 2 rings (SSSR count).